The molecule has 24 heavy (non-hydrogen) atoms. The SMILES string of the molecule is CC[C@H](C)Nc1nc(Nc2ccccc2)cc(-c2ccccc2)n1. The maximum absolute atomic E-state index is 4.67. The van der Waals surface area contributed by atoms with E-state index in [0.717, 1.165) is 29.2 Å². The zero-order chi connectivity index (χ0) is 16.8. The molecule has 0 bridgehead atoms. The summed E-state index contributed by atoms with van der Waals surface area (Å²) < 4.78 is 0. The van der Waals surface area contributed by atoms with Crippen LogP contribution in [0.3, 0.4) is 0 Å². The largest absolute Gasteiger partial charge is 0.352 e. The summed E-state index contributed by atoms with van der Waals surface area (Å²) in [5, 5.41) is 6.72. The maximum atomic E-state index is 4.67. The van der Waals surface area contributed by atoms with E-state index >= 15 is 0 Å². The maximum Gasteiger partial charge on any atom is 0.225 e. The average molecular weight is 318 g/mol. The molecule has 1 aromatic heterocycles. The van der Waals surface area contributed by atoms with Crippen LogP contribution in [-0.4, -0.2) is 16.0 Å². The summed E-state index contributed by atoms with van der Waals surface area (Å²) in [6, 6.07) is 22.5. The van der Waals surface area contributed by atoms with Crippen LogP contribution in [0, 0.1) is 0 Å². The first-order chi connectivity index (χ1) is 11.7. The van der Waals surface area contributed by atoms with Gasteiger partial charge in [-0.3, -0.25) is 0 Å². The molecule has 4 nitrogen and oxygen atoms in total. The summed E-state index contributed by atoms with van der Waals surface area (Å²) in [6.07, 6.45) is 1.01. The first-order valence-electron chi connectivity index (χ1n) is 8.27. The highest BCUT2D eigenvalue weighted by atomic mass is 15.2. The van der Waals surface area contributed by atoms with Gasteiger partial charge in [-0.25, -0.2) is 4.98 Å². The lowest BCUT2D eigenvalue weighted by atomic mass is 10.1. The Balaban J connectivity index is 1.96. The molecular formula is C20H22N4. The van der Waals surface area contributed by atoms with E-state index in [9.17, 15) is 0 Å². The highest BCUT2D eigenvalue weighted by molar-refractivity contribution is 5.67. The fourth-order valence-electron chi connectivity index (χ4n) is 2.32. The molecule has 0 aliphatic heterocycles. The summed E-state index contributed by atoms with van der Waals surface area (Å²) in [4.78, 5) is 9.28. The Morgan fingerprint density at radius 2 is 1.58 bits per heavy atom. The van der Waals surface area contributed by atoms with Gasteiger partial charge >= 0.3 is 0 Å². The Kier molecular flexibility index (Phi) is 5.06. The molecule has 0 aliphatic carbocycles. The smallest absolute Gasteiger partial charge is 0.225 e. The Hall–Kier alpha value is -2.88. The fraction of sp³-hybridized carbons (Fsp3) is 0.200. The van der Waals surface area contributed by atoms with E-state index in [-0.39, 0.29) is 0 Å². The van der Waals surface area contributed by atoms with Gasteiger partial charge in [0.25, 0.3) is 0 Å². The van der Waals surface area contributed by atoms with Crippen molar-refractivity contribution >= 4 is 17.5 Å². The van der Waals surface area contributed by atoms with Crippen LogP contribution in [0.15, 0.2) is 66.7 Å². The number of para-hydroxylation sites is 1. The van der Waals surface area contributed by atoms with Crippen LogP contribution in [0.5, 0.6) is 0 Å². The molecule has 2 N–H and O–H groups in total. The Morgan fingerprint density at radius 1 is 0.917 bits per heavy atom. The normalized spacial score (nSPS) is 11.8. The molecule has 3 aromatic rings. The third kappa shape index (κ3) is 4.10. The molecule has 0 aliphatic rings. The molecule has 122 valence electrons. The third-order valence-corrected chi connectivity index (χ3v) is 3.83. The minimum absolute atomic E-state index is 0.320. The molecule has 4 heteroatoms. The van der Waals surface area contributed by atoms with Crippen molar-refractivity contribution in [2.75, 3.05) is 10.6 Å². The average Bonchev–Trinajstić information content (AvgIpc) is 2.63. The van der Waals surface area contributed by atoms with Gasteiger partial charge in [-0.1, -0.05) is 55.5 Å². The van der Waals surface area contributed by atoms with Crippen LogP contribution in [-0.2, 0) is 0 Å². The van der Waals surface area contributed by atoms with Crippen molar-refractivity contribution < 1.29 is 0 Å². The molecule has 0 saturated heterocycles. The minimum atomic E-state index is 0.320. The summed E-state index contributed by atoms with van der Waals surface area (Å²) in [7, 11) is 0. The zero-order valence-corrected chi connectivity index (χ0v) is 14.0. The third-order valence-electron chi connectivity index (χ3n) is 3.83. The second-order valence-corrected chi connectivity index (χ2v) is 5.77. The molecule has 2 aromatic carbocycles. The van der Waals surface area contributed by atoms with Crippen LogP contribution in [0.2, 0.25) is 0 Å². The highest BCUT2D eigenvalue weighted by Gasteiger charge is 2.09. The molecule has 0 fully saturated rings. The Labute approximate surface area is 143 Å². The Bertz CT molecular complexity index is 772. The lowest BCUT2D eigenvalue weighted by Crippen LogP contribution is -2.16. The minimum Gasteiger partial charge on any atom is -0.352 e. The first-order valence-corrected chi connectivity index (χ1v) is 8.27. The van der Waals surface area contributed by atoms with Crippen molar-refractivity contribution in [1.29, 1.82) is 0 Å². The number of hydrogen-bond donors (Lipinski definition) is 2. The second kappa shape index (κ2) is 7.59. The van der Waals surface area contributed by atoms with Crippen molar-refractivity contribution in [1.82, 2.24) is 9.97 Å². The predicted molar refractivity (Wildman–Crippen MR) is 101 cm³/mol. The van der Waals surface area contributed by atoms with Crippen molar-refractivity contribution in [2.45, 2.75) is 26.3 Å². The molecule has 0 spiro atoms. The fourth-order valence-corrected chi connectivity index (χ4v) is 2.32. The van der Waals surface area contributed by atoms with Crippen molar-refractivity contribution in [2.24, 2.45) is 0 Å². The van der Waals surface area contributed by atoms with Crippen LogP contribution in [0.25, 0.3) is 11.3 Å². The molecule has 1 heterocycles. The lowest BCUT2D eigenvalue weighted by molar-refractivity contribution is 0.753. The van der Waals surface area contributed by atoms with Gasteiger partial charge in [0.1, 0.15) is 5.82 Å². The zero-order valence-electron chi connectivity index (χ0n) is 14.0. The van der Waals surface area contributed by atoms with Crippen LogP contribution < -0.4 is 10.6 Å². The molecule has 3 rings (SSSR count). The van der Waals surface area contributed by atoms with E-state index in [1.807, 2.05) is 54.6 Å². The topological polar surface area (TPSA) is 49.8 Å². The molecule has 0 radical (unpaired) electrons. The summed E-state index contributed by atoms with van der Waals surface area (Å²) in [5.74, 6) is 1.42. The monoisotopic (exact) mass is 318 g/mol. The van der Waals surface area contributed by atoms with E-state index in [4.69, 9.17) is 0 Å². The van der Waals surface area contributed by atoms with E-state index in [1.54, 1.807) is 0 Å². The Morgan fingerprint density at radius 3 is 2.25 bits per heavy atom. The number of anilines is 3. The van der Waals surface area contributed by atoms with Crippen LogP contribution >= 0.6 is 0 Å². The van der Waals surface area contributed by atoms with Gasteiger partial charge in [0, 0.05) is 23.4 Å². The van der Waals surface area contributed by atoms with Gasteiger partial charge in [-0.15, -0.1) is 0 Å². The molecule has 0 unspecified atom stereocenters. The van der Waals surface area contributed by atoms with Crippen molar-refractivity contribution in [3.8, 4) is 11.3 Å². The van der Waals surface area contributed by atoms with Crippen molar-refractivity contribution in [3.63, 3.8) is 0 Å². The standard InChI is InChI=1S/C20H22N4/c1-3-15(2)21-20-23-18(16-10-6-4-7-11-16)14-19(24-20)22-17-12-8-5-9-13-17/h4-15H,3H2,1-2H3,(H2,21,22,23,24)/t15-/m0/s1. The van der Waals surface area contributed by atoms with E-state index in [1.165, 1.54) is 0 Å². The van der Waals surface area contributed by atoms with Gasteiger partial charge in [-0.2, -0.15) is 4.98 Å². The number of hydrogen-bond acceptors (Lipinski definition) is 4. The van der Waals surface area contributed by atoms with Crippen LogP contribution in [0.1, 0.15) is 20.3 Å². The summed E-state index contributed by atoms with van der Waals surface area (Å²) >= 11 is 0. The van der Waals surface area contributed by atoms with Gasteiger partial charge in [-0.05, 0) is 25.5 Å². The lowest BCUT2D eigenvalue weighted by Gasteiger charge is -2.14. The predicted octanol–water partition coefficient (Wildman–Crippen LogP) is 5.10. The van der Waals surface area contributed by atoms with Gasteiger partial charge < -0.3 is 10.6 Å². The summed E-state index contributed by atoms with van der Waals surface area (Å²) in [5.41, 5.74) is 2.97. The highest BCUT2D eigenvalue weighted by Crippen LogP contribution is 2.23. The van der Waals surface area contributed by atoms with E-state index < -0.39 is 0 Å². The van der Waals surface area contributed by atoms with Gasteiger partial charge in [0.15, 0.2) is 0 Å². The molecule has 1 atom stereocenters. The van der Waals surface area contributed by atoms with Crippen molar-refractivity contribution in [3.05, 3.63) is 66.7 Å². The van der Waals surface area contributed by atoms with E-state index in [0.29, 0.717) is 12.0 Å². The van der Waals surface area contributed by atoms with Gasteiger partial charge in [0.2, 0.25) is 5.95 Å². The van der Waals surface area contributed by atoms with Gasteiger partial charge in [0.05, 0.1) is 5.69 Å². The molecule has 0 amide bonds. The molecule has 0 saturated carbocycles. The number of nitrogens with one attached hydrogen (secondary N) is 2. The molecular weight excluding hydrogens is 296 g/mol. The quantitative estimate of drug-likeness (QED) is 0.664. The number of benzene rings is 2. The number of aromatic nitrogens is 2. The van der Waals surface area contributed by atoms with Crippen LogP contribution in [0.4, 0.5) is 17.5 Å². The summed E-state index contributed by atoms with van der Waals surface area (Å²) in [6.45, 7) is 4.27. The number of nitrogens with zero attached hydrogens (tertiary/aromatic N) is 2. The second-order valence-electron chi connectivity index (χ2n) is 5.77. The first kappa shape index (κ1) is 16.0. The van der Waals surface area contributed by atoms with E-state index in [2.05, 4.69) is 46.6 Å². The number of rotatable bonds is 6.